The van der Waals surface area contributed by atoms with Gasteiger partial charge in [-0.1, -0.05) is 6.07 Å². The van der Waals surface area contributed by atoms with Crippen LogP contribution in [0.3, 0.4) is 0 Å². The molecule has 1 atom stereocenters. The van der Waals surface area contributed by atoms with Crippen molar-refractivity contribution in [1.29, 1.82) is 0 Å². The first kappa shape index (κ1) is 20.6. The third kappa shape index (κ3) is 3.99. The highest BCUT2D eigenvalue weighted by Crippen LogP contribution is 2.28. The first-order chi connectivity index (χ1) is 16.0. The molecule has 4 N–H and O–H groups in total. The summed E-state index contributed by atoms with van der Waals surface area (Å²) in [5.41, 5.74) is 9.72. The molecule has 8 nitrogen and oxygen atoms in total. The third-order valence-electron chi connectivity index (χ3n) is 5.55. The Kier molecular flexibility index (Phi) is 5.20. The summed E-state index contributed by atoms with van der Waals surface area (Å²) in [6.45, 7) is 2.34. The summed E-state index contributed by atoms with van der Waals surface area (Å²) in [6.07, 6.45) is 6.14. The predicted molar refractivity (Wildman–Crippen MR) is 128 cm³/mol. The highest BCUT2D eigenvalue weighted by atomic mass is 16.6. The fraction of sp³-hybridized carbons (Fsp3) is 0.120. The van der Waals surface area contributed by atoms with Crippen LogP contribution in [0.25, 0.3) is 27.5 Å². The van der Waals surface area contributed by atoms with E-state index >= 15 is 0 Å². The van der Waals surface area contributed by atoms with Crippen LogP contribution in [0.1, 0.15) is 5.56 Å². The first-order valence-corrected chi connectivity index (χ1v) is 10.5. The number of carbonyl (C=O) groups excluding carboxylic acids is 1. The number of ether oxygens (including phenoxy) is 1. The Balaban J connectivity index is 1.72. The molecule has 0 radical (unpaired) electrons. The molecule has 8 heteroatoms. The monoisotopic (exact) mass is 440 g/mol. The zero-order valence-electron chi connectivity index (χ0n) is 17.9. The van der Waals surface area contributed by atoms with Gasteiger partial charge in [0.1, 0.15) is 0 Å². The molecule has 0 saturated carbocycles. The average molecular weight is 440 g/mol. The number of aliphatic imine (C=N–C) groups is 1. The van der Waals surface area contributed by atoms with E-state index in [0.717, 1.165) is 33.1 Å². The van der Waals surface area contributed by atoms with Crippen LogP contribution in [0.15, 0.2) is 76.8 Å². The van der Waals surface area contributed by atoms with E-state index in [9.17, 15) is 9.59 Å². The summed E-state index contributed by atoms with van der Waals surface area (Å²) in [5.74, 6) is -0.186. The molecular weight excluding hydrogens is 418 g/mol. The number of aromatic amines is 1. The Labute approximate surface area is 189 Å². The zero-order valence-corrected chi connectivity index (χ0v) is 17.9. The number of pyridine rings is 2. The molecule has 2 aromatic carbocycles. The number of benzene rings is 2. The van der Waals surface area contributed by atoms with Crippen LogP contribution in [0.5, 0.6) is 0 Å². The second kappa shape index (κ2) is 8.33. The molecule has 0 spiro atoms. The van der Waals surface area contributed by atoms with Crippen molar-refractivity contribution in [2.45, 2.75) is 13.0 Å². The molecule has 4 aromatic rings. The van der Waals surface area contributed by atoms with Gasteiger partial charge in [-0.2, -0.15) is 0 Å². The van der Waals surface area contributed by atoms with E-state index in [1.54, 1.807) is 22.9 Å². The van der Waals surface area contributed by atoms with Crippen LogP contribution in [-0.2, 0) is 9.53 Å². The minimum Gasteiger partial charge on any atom is -0.405 e. The largest absolute Gasteiger partial charge is 0.405 e. The maximum Gasteiger partial charge on any atom is 0.255 e. The van der Waals surface area contributed by atoms with Gasteiger partial charge < -0.3 is 15.8 Å². The van der Waals surface area contributed by atoms with Crippen LogP contribution in [-0.4, -0.2) is 29.4 Å². The molecule has 0 aliphatic carbocycles. The average Bonchev–Trinajstić information content (AvgIpc) is 3.66. The fourth-order valence-electron chi connectivity index (χ4n) is 3.77. The predicted octanol–water partition coefficient (Wildman–Crippen LogP) is 2.78. The number of allylic oxidation sites excluding steroid dienone is 1. The smallest absolute Gasteiger partial charge is 0.255 e. The molecule has 0 bridgehead atoms. The summed E-state index contributed by atoms with van der Waals surface area (Å²) in [7, 11) is 0. The summed E-state index contributed by atoms with van der Waals surface area (Å²) in [6, 6.07) is 14.6. The Morgan fingerprint density at radius 3 is 2.88 bits per heavy atom. The number of amides is 1. The minimum absolute atomic E-state index is 0.179. The van der Waals surface area contributed by atoms with Crippen molar-refractivity contribution in [1.82, 2.24) is 4.57 Å². The molecule has 1 amide bonds. The number of hydrogen-bond acceptors (Lipinski definition) is 5. The second-order valence-electron chi connectivity index (χ2n) is 7.80. The van der Waals surface area contributed by atoms with Crippen LogP contribution >= 0.6 is 0 Å². The minimum atomic E-state index is -0.402. The number of aryl methyl sites for hydroxylation is 1. The molecule has 1 fully saturated rings. The van der Waals surface area contributed by atoms with E-state index in [2.05, 4.69) is 15.3 Å². The normalized spacial score (nSPS) is 15.6. The van der Waals surface area contributed by atoms with Crippen LogP contribution in [0.2, 0.25) is 0 Å². The lowest BCUT2D eigenvalue weighted by molar-refractivity contribution is -0.342. The number of hydrogen-bond donors (Lipinski definition) is 2. The van der Waals surface area contributed by atoms with Gasteiger partial charge in [-0.05, 0) is 55.1 Å². The number of anilines is 1. The maximum atomic E-state index is 13.1. The van der Waals surface area contributed by atoms with Gasteiger partial charge in [0.2, 0.25) is 5.52 Å². The summed E-state index contributed by atoms with van der Waals surface area (Å²) < 4.78 is 6.73. The van der Waals surface area contributed by atoms with Gasteiger partial charge in [0.25, 0.3) is 11.5 Å². The van der Waals surface area contributed by atoms with Crippen LogP contribution < -0.4 is 21.6 Å². The molecule has 164 valence electrons. The SMILES string of the molecule is Cc1ccc(-n2c(=O)ccc3c[nH+]c4ccc(N=CC=CN)cc4c32)cc1NC(=O)C1CO1. The standard InChI is InChI=1S/C25H21N5O3/c1-15-3-6-18(12-21(15)29-25(32)22-14-33-22)30-23(31)8-4-16-13-28-20-7-5-17(27-10-2-9-26)11-19(20)24(16)30/h2-13,22H,14,26H2,1H3,(H,29,32)/p+1. The number of carbonyl (C=O) groups is 1. The van der Waals surface area contributed by atoms with Gasteiger partial charge in [-0.3, -0.25) is 19.1 Å². The van der Waals surface area contributed by atoms with E-state index < -0.39 is 6.10 Å². The third-order valence-corrected chi connectivity index (χ3v) is 5.55. The van der Waals surface area contributed by atoms with Crippen LogP contribution in [0, 0.1) is 6.92 Å². The number of H-pyrrole nitrogens is 1. The highest BCUT2D eigenvalue weighted by Gasteiger charge is 2.31. The molecule has 33 heavy (non-hydrogen) atoms. The molecule has 2 aromatic heterocycles. The summed E-state index contributed by atoms with van der Waals surface area (Å²) in [5, 5.41) is 4.61. The second-order valence-corrected chi connectivity index (χ2v) is 7.80. The van der Waals surface area contributed by atoms with Crippen molar-refractivity contribution in [2.24, 2.45) is 10.7 Å². The van der Waals surface area contributed by atoms with Crippen molar-refractivity contribution in [2.75, 3.05) is 11.9 Å². The molecule has 1 aliphatic heterocycles. The number of aromatic nitrogens is 2. The molecule has 1 aliphatic rings. The van der Waals surface area contributed by atoms with Crippen molar-refractivity contribution >= 4 is 45.3 Å². The molecule has 1 saturated heterocycles. The highest BCUT2D eigenvalue weighted by molar-refractivity contribution is 6.03. The van der Waals surface area contributed by atoms with E-state index in [1.807, 2.05) is 49.5 Å². The molecular formula is C25H22N5O3+. The Bertz CT molecular complexity index is 1520. The molecule has 3 heterocycles. The Morgan fingerprint density at radius 2 is 2.09 bits per heavy atom. The number of epoxide rings is 1. The first-order valence-electron chi connectivity index (χ1n) is 10.5. The summed E-state index contributed by atoms with van der Waals surface area (Å²) >= 11 is 0. The Morgan fingerprint density at radius 1 is 1.24 bits per heavy atom. The van der Waals surface area contributed by atoms with Crippen molar-refractivity contribution in [3.8, 4) is 5.69 Å². The topological polar surface area (TPSA) is 116 Å². The van der Waals surface area contributed by atoms with E-state index in [1.165, 1.54) is 12.3 Å². The maximum absolute atomic E-state index is 13.1. The van der Waals surface area contributed by atoms with Gasteiger partial charge in [0, 0.05) is 24.0 Å². The van der Waals surface area contributed by atoms with Crippen molar-refractivity contribution in [3.05, 3.63) is 82.9 Å². The van der Waals surface area contributed by atoms with Gasteiger partial charge >= 0.3 is 0 Å². The van der Waals surface area contributed by atoms with Crippen LogP contribution in [0.4, 0.5) is 11.4 Å². The van der Waals surface area contributed by atoms with E-state index in [4.69, 9.17) is 10.5 Å². The lowest BCUT2D eigenvalue weighted by Crippen LogP contribution is -2.21. The summed E-state index contributed by atoms with van der Waals surface area (Å²) in [4.78, 5) is 33.0. The van der Waals surface area contributed by atoms with Gasteiger partial charge in [-0.25, -0.2) is 4.98 Å². The quantitative estimate of drug-likeness (QED) is 0.282. The zero-order chi connectivity index (χ0) is 22.9. The lowest BCUT2D eigenvalue weighted by Gasteiger charge is -2.14. The number of rotatable bonds is 5. The Hall–Kier alpha value is -4.30. The number of fused-ring (bicyclic) bond motifs is 3. The van der Waals surface area contributed by atoms with Crippen molar-refractivity contribution < 1.29 is 14.5 Å². The van der Waals surface area contributed by atoms with Gasteiger partial charge in [0.15, 0.2) is 12.3 Å². The van der Waals surface area contributed by atoms with E-state index in [0.29, 0.717) is 18.0 Å². The fourth-order valence-corrected chi connectivity index (χ4v) is 3.77. The van der Waals surface area contributed by atoms with Gasteiger partial charge in [-0.15, -0.1) is 0 Å². The molecule has 1 unspecified atom stereocenters. The van der Waals surface area contributed by atoms with Crippen molar-refractivity contribution in [3.63, 3.8) is 0 Å². The van der Waals surface area contributed by atoms with E-state index in [-0.39, 0.29) is 11.5 Å². The lowest BCUT2D eigenvalue weighted by atomic mass is 10.1. The number of nitrogens with zero attached hydrogens (tertiary/aromatic N) is 2. The number of nitrogens with two attached hydrogens (primary N) is 1. The number of nitrogens with one attached hydrogen (secondary N) is 2. The van der Waals surface area contributed by atoms with Gasteiger partial charge in [0.05, 0.1) is 34.3 Å². The molecule has 5 rings (SSSR count).